The summed E-state index contributed by atoms with van der Waals surface area (Å²) in [5.74, 6) is -0.453. The molecule has 0 saturated carbocycles. The Morgan fingerprint density at radius 3 is 2.48 bits per heavy atom. The number of aromatic nitrogens is 2. The lowest BCUT2D eigenvalue weighted by Crippen LogP contribution is -2.49. The van der Waals surface area contributed by atoms with Crippen LogP contribution in [0, 0.1) is 0 Å². The number of nitrogens with zero attached hydrogens (tertiary/aromatic N) is 2. The second-order valence-corrected chi connectivity index (χ2v) is 6.69. The van der Waals surface area contributed by atoms with Crippen LogP contribution in [0.2, 0.25) is 0 Å². The van der Waals surface area contributed by atoms with Crippen LogP contribution in [0.5, 0.6) is 0 Å². The largest absolute Gasteiger partial charge is 0.481 e. The van der Waals surface area contributed by atoms with Crippen LogP contribution in [0.1, 0.15) is 28.9 Å². The molecule has 3 heterocycles. The molecule has 7 heteroatoms. The van der Waals surface area contributed by atoms with Gasteiger partial charge in [0.15, 0.2) is 11.5 Å². The zero-order chi connectivity index (χ0) is 18.9. The van der Waals surface area contributed by atoms with Crippen LogP contribution in [0.4, 0.5) is 0 Å². The first-order valence-electron chi connectivity index (χ1n) is 8.78. The fraction of sp³-hybridized carbons (Fsp3) is 0.250. The molecule has 1 fully saturated rings. The number of carbonyl (C=O) groups is 2. The smallest absolute Gasteiger partial charge is 0.314 e. The van der Waals surface area contributed by atoms with Crippen LogP contribution in [0.3, 0.4) is 0 Å². The second-order valence-electron chi connectivity index (χ2n) is 6.69. The van der Waals surface area contributed by atoms with E-state index in [9.17, 15) is 14.7 Å². The molecule has 0 radical (unpaired) electrons. The first-order chi connectivity index (χ1) is 13.1. The molecule has 138 valence electrons. The van der Waals surface area contributed by atoms with Gasteiger partial charge in [-0.25, -0.2) is 0 Å². The predicted molar refractivity (Wildman–Crippen MR) is 97.2 cm³/mol. The molecule has 2 N–H and O–H groups in total. The summed E-state index contributed by atoms with van der Waals surface area (Å²) >= 11 is 0. The number of carbonyl (C=O) groups excluding carboxylic acids is 1. The summed E-state index contributed by atoms with van der Waals surface area (Å²) in [7, 11) is 0. The SMILES string of the molecule is O=C(c1cc(-c2ccco2)[nH]n1)N1CCC(C(=O)O)(c2ccccc2)CC1. The molecular formula is C20H19N3O4. The van der Waals surface area contributed by atoms with Crippen molar-refractivity contribution in [2.45, 2.75) is 18.3 Å². The Labute approximate surface area is 155 Å². The molecule has 1 saturated heterocycles. The lowest BCUT2D eigenvalue weighted by Gasteiger charge is -2.39. The Morgan fingerprint density at radius 2 is 1.85 bits per heavy atom. The first-order valence-corrected chi connectivity index (χ1v) is 8.78. The van der Waals surface area contributed by atoms with Gasteiger partial charge in [-0.15, -0.1) is 0 Å². The minimum Gasteiger partial charge on any atom is -0.481 e. The summed E-state index contributed by atoms with van der Waals surface area (Å²) in [5, 5.41) is 16.7. The van der Waals surface area contributed by atoms with E-state index in [0.717, 1.165) is 5.56 Å². The number of nitrogens with one attached hydrogen (secondary N) is 1. The molecule has 3 aromatic rings. The van der Waals surface area contributed by atoms with Crippen molar-refractivity contribution in [3.63, 3.8) is 0 Å². The van der Waals surface area contributed by atoms with E-state index in [4.69, 9.17) is 4.42 Å². The fourth-order valence-electron chi connectivity index (χ4n) is 3.63. The number of benzene rings is 1. The molecule has 2 aromatic heterocycles. The van der Waals surface area contributed by atoms with Gasteiger partial charge in [-0.3, -0.25) is 14.7 Å². The predicted octanol–water partition coefficient (Wildman–Crippen LogP) is 2.93. The van der Waals surface area contributed by atoms with Gasteiger partial charge in [0.05, 0.1) is 11.7 Å². The van der Waals surface area contributed by atoms with Gasteiger partial charge in [0, 0.05) is 19.2 Å². The van der Waals surface area contributed by atoms with Crippen molar-refractivity contribution in [3.05, 3.63) is 66.1 Å². The number of carboxylic acid groups (broad SMARTS) is 1. The summed E-state index contributed by atoms with van der Waals surface area (Å²) < 4.78 is 5.30. The van der Waals surface area contributed by atoms with Crippen molar-refractivity contribution in [2.24, 2.45) is 0 Å². The summed E-state index contributed by atoms with van der Waals surface area (Å²) in [6.45, 7) is 0.728. The van der Waals surface area contributed by atoms with Gasteiger partial charge in [0.1, 0.15) is 5.69 Å². The molecule has 27 heavy (non-hydrogen) atoms. The highest BCUT2D eigenvalue weighted by molar-refractivity contribution is 5.93. The van der Waals surface area contributed by atoms with E-state index in [0.29, 0.717) is 43.1 Å². The minimum atomic E-state index is -0.955. The fourth-order valence-corrected chi connectivity index (χ4v) is 3.63. The van der Waals surface area contributed by atoms with Crippen molar-refractivity contribution in [3.8, 4) is 11.5 Å². The third kappa shape index (κ3) is 3.01. The number of amides is 1. The maximum absolute atomic E-state index is 12.8. The average Bonchev–Trinajstić information content (AvgIpc) is 3.39. The van der Waals surface area contributed by atoms with Gasteiger partial charge >= 0.3 is 5.97 Å². The van der Waals surface area contributed by atoms with Crippen LogP contribution in [0.15, 0.2) is 59.2 Å². The molecule has 7 nitrogen and oxygen atoms in total. The third-order valence-electron chi connectivity index (χ3n) is 5.22. The standard InChI is InChI=1S/C20H19N3O4/c24-18(16-13-15(21-22-16)17-7-4-12-27-17)23-10-8-20(9-11-23,19(25)26)14-5-2-1-3-6-14/h1-7,12-13H,8-11H2,(H,21,22)(H,25,26). The molecule has 1 aromatic carbocycles. The number of hydrogen-bond acceptors (Lipinski definition) is 4. The van der Waals surface area contributed by atoms with E-state index in [1.165, 1.54) is 0 Å². The first kappa shape index (κ1) is 17.1. The van der Waals surface area contributed by atoms with E-state index in [2.05, 4.69) is 10.2 Å². The van der Waals surface area contributed by atoms with E-state index in [1.807, 2.05) is 30.3 Å². The summed E-state index contributed by atoms with van der Waals surface area (Å²) in [6.07, 6.45) is 2.29. The number of aromatic amines is 1. The average molecular weight is 365 g/mol. The second kappa shape index (κ2) is 6.75. The summed E-state index contributed by atoms with van der Waals surface area (Å²) in [5.41, 5.74) is 0.751. The van der Waals surface area contributed by atoms with Crippen LogP contribution in [-0.2, 0) is 10.2 Å². The van der Waals surface area contributed by atoms with Gasteiger partial charge in [-0.2, -0.15) is 5.10 Å². The van der Waals surface area contributed by atoms with Gasteiger partial charge in [-0.05, 0) is 30.5 Å². The Morgan fingerprint density at radius 1 is 1.11 bits per heavy atom. The molecule has 1 aliphatic rings. The van der Waals surface area contributed by atoms with E-state index >= 15 is 0 Å². The Bertz CT molecular complexity index is 939. The normalized spacial score (nSPS) is 16.2. The Hall–Kier alpha value is -3.35. The number of furan rings is 1. The molecule has 0 aliphatic carbocycles. The highest BCUT2D eigenvalue weighted by Crippen LogP contribution is 2.36. The number of carboxylic acids is 1. The molecule has 1 amide bonds. The molecule has 0 bridgehead atoms. The monoisotopic (exact) mass is 365 g/mol. The third-order valence-corrected chi connectivity index (χ3v) is 5.22. The zero-order valence-electron chi connectivity index (χ0n) is 14.6. The molecule has 0 spiro atoms. The van der Waals surface area contributed by atoms with E-state index < -0.39 is 11.4 Å². The number of piperidine rings is 1. The maximum atomic E-state index is 12.8. The lowest BCUT2D eigenvalue weighted by atomic mass is 9.73. The summed E-state index contributed by atoms with van der Waals surface area (Å²) in [4.78, 5) is 26.5. The quantitative estimate of drug-likeness (QED) is 0.740. The highest BCUT2D eigenvalue weighted by atomic mass is 16.4. The lowest BCUT2D eigenvalue weighted by molar-refractivity contribution is -0.145. The van der Waals surface area contributed by atoms with Gasteiger partial charge < -0.3 is 14.4 Å². The number of H-pyrrole nitrogens is 1. The van der Waals surface area contributed by atoms with Crippen molar-refractivity contribution in [1.29, 1.82) is 0 Å². The maximum Gasteiger partial charge on any atom is 0.314 e. The number of rotatable bonds is 4. The number of likely N-dealkylation sites (tertiary alicyclic amines) is 1. The molecular weight excluding hydrogens is 346 g/mol. The zero-order valence-corrected chi connectivity index (χ0v) is 14.6. The van der Waals surface area contributed by atoms with Gasteiger partial charge in [0.25, 0.3) is 5.91 Å². The Kier molecular flexibility index (Phi) is 4.27. The minimum absolute atomic E-state index is 0.212. The van der Waals surface area contributed by atoms with Gasteiger partial charge in [0.2, 0.25) is 0 Å². The van der Waals surface area contributed by atoms with Crippen molar-refractivity contribution in [1.82, 2.24) is 15.1 Å². The summed E-state index contributed by atoms with van der Waals surface area (Å²) in [6, 6.07) is 14.4. The van der Waals surface area contributed by atoms with Crippen molar-refractivity contribution < 1.29 is 19.1 Å². The van der Waals surface area contributed by atoms with Crippen molar-refractivity contribution in [2.75, 3.05) is 13.1 Å². The van der Waals surface area contributed by atoms with E-state index in [-0.39, 0.29) is 5.91 Å². The molecule has 0 atom stereocenters. The molecule has 4 rings (SSSR count). The number of aliphatic carboxylic acids is 1. The highest BCUT2D eigenvalue weighted by Gasteiger charge is 2.44. The van der Waals surface area contributed by atoms with Crippen LogP contribution >= 0.6 is 0 Å². The van der Waals surface area contributed by atoms with Crippen LogP contribution in [-0.4, -0.2) is 45.2 Å². The number of hydrogen-bond donors (Lipinski definition) is 2. The van der Waals surface area contributed by atoms with Gasteiger partial charge in [-0.1, -0.05) is 30.3 Å². The van der Waals surface area contributed by atoms with Crippen molar-refractivity contribution >= 4 is 11.9 Å². The molecule has 0 unspecified atom stereocenters. The van der Waals surface area contributed by atoms with Crippen LogP contribution in [0.25, 0.3) is 11.5 Å². The van der Waals surface area contributed by atoms with E-state index in [1.54, 1.807) is 29.4 Å². The topological polar surface area (TPSA) is 99.4 Å². The Balaban J connectivity index is 1.50. The molecule has 1 aliphatic heterocycles. The van der Waals surface area contributed by atoms with Crippen LogP contribution < -0.4 is 0 Å².